The van der Waals surface area contributed by atoms with Crippen LogP contribution in [-0.2, 0) is 4.79 Å². The fourth-order valence-electron chi connectivity index (χ4n) is 2.70. The maximum absolute atomic E-state index is 12.4. The summed E-state index contributed by atoms with van der Waals surface area (Å²) >= 11 is 4.21. The molecule has 8 heteroatoms. The second-order valence-electron chi connectivity index (χ2n) is 5.35. The normalized spacial score (nSPS) is 20.1. The van der Waals surface area contributed by atoms with Gasteiger partial charge in [0, 0.05) is 18.2 Å². The van der Waals surface area contributed by atoms with Gasteiger partial charge in [0.05, 0.1) is 6.04 Å². The monoisotopic (exact) mass is 306 g/mol. The number of hydrogen-bond acceptors (Lipinski definition) is 6. The first kappa shape index (κ1) is 14.1. The molecule has 112 valence electrons. The molecule has 0 unspecified atom stereocenters. The van der Waals surface area contributed by atoms with Gasteiger partial charge in [-0.15, -0.1) is 0 Å². The third kappa shape index (κ3) is 2.44. The van der Waals surface area contributed by atoms with Crippen LogP contribution in [0.2, 0.25) is 0 Å². The Morgan fingerprint density at radius 2 is 2.43 bits per heavy atom. The van der Waals surface area contributed by atoms with Gasteiger partial charge in [-0.3, -0.25) is 4.79 Å². The van der Waals surface area contributed by atoms with Crippen molar-refractivity contribution in [2.75, 3.05) is 18.0 Å². The summed E-state index contributed by atoms with van der Waals surface area (Å²) in [4.78, 5) is 30.0. The van der Waals surface area contributed by atoms with Gasteiger partial charge in [0.15, 0.2) is 11.5 Å². The van der Waals surface area contributed by atoms with Crippen LogP contribution in [0.1, 0.15) is 31.6 Å². The lowest BCUT2D eigenvalue weighted by atomic mass is 10.1. The molecule has 1 saturated heterocycles. The molecule has 3 rings (SSSR count). The highest BCUT2D eigenvalue weighted by Gasteiger charge is 2.34. The third-order valence-corrected chi connectivity index (χ3v) is 4.43. The van der Waals surface area contributed by atoms with Gasteiger partial charge >= 0.3 is 0 Å². The van der Waals surface area contributed by atoms with Crippen molar-refractivity contribution in [3.8, 4) is 0 Å². The number of carbonyl (C=O) groups excluding carboxylic acids is 1. The topological polar surface area (TPSA) is 101 Å². The molecule has 2 aromatic heterocycles. The lowest BCUT2D eigenvalue weighted by molar-refractivity contribution is -0.135. The number of amides is 1. The van der Waals surface area contributed by atoms with Crippen LogP contribution in [0.4, 0.5) is 5.82 Å². The molecule has 1 fully saturated rings. The van der Waals surface area contributed by atoms with Gasteiger partial charge < -0.3 is 15.6 Å². The number of carbonyl (C=O) groups is 1. The number of imidazole rings is 1. The highest BCUT2D eigenvalue weighted by atomic mass is 32.1. The summed E-state index contributed by atoms with van der Waals surface area (Å²) in [5, 5.41) is 0. The summed E-state index contributed by atoms with van der Waals surface area (Å²) in [5.74, 6) is 1.67. The Morgan fingerprint density at radius 3 is 3.14 bits per heavy atom. The Morgan fingerprint density at radius 1 is 1.62 bits per heavy atom. The number of H-pyrrole nitrogens is 1. The minimum absolute atomic E-state index is 0.0477. The molecule has 1 amide bonds. The molecular formula is C13H18N6OS. The molecule has 1 aliphatic rings. The van der Waals surface area contributed by atoms with Crippen LogP contribution >= 0.6 is 12.6 Å². The van der Waals surface area contributed by atoms with E-state index in [4.69, 9.17) is 5.73 Å². The Kier molecular flexibility index (Phi) is 3.71. The summed E-state index contributed by atoms with van der Waals surface area (Å²) in [6.45, 7) is 2.65. The Hall–Kier alpha value is -1.83. The van der Waals surface area contributed by atoms with Crippen molar-refractivity contribution in [2.45, 2.75) is 25.8 Å². The van der Waals surface area contributed by atoms with Gasteiger partial charge in [0.2, 0.25) is 5.91 Å². The average Bonchev–Trinajstić information content (AvgIpc) is 3.12. The van der Waals surface area contributed by atoms with E-state index in [2.05, 4.69) is 32.6 Å². The van der Waals surface area contributed by atoms with Crippen molar-refractivity contribution in [1.29, 1.82) is 0 Å². The minimum Gasteiger partial charge on any atom is -0.382 e. The first-order valence-corrected chi connectivity index (χ1v) is 7.62. The van der Waals surface area contributed by atoms with Crippen LogP contribution in [0.15, 0.2) is 6.33 Å². The molecule has 0 saturated carbocycles. The van der Waals surface area contributed by atoms with Crippen molar-refractivity contribution in [2.24, 2.45) is 5.92 Å². The van der Waals surface area contributed by atoms with E-state index in [1.54, 1.807) is 0 Å². The average molecular weight is 306 g/mol. The van der Waals surface area contributed by atoms with Crippen molar-refractivity contribution in [1.82, 2.24) is 24.8 Å². The Labute approximate surface area is 127 Å². The lowest BCUT2D eigenvalue weighted by Crippen LogP contribution is -2.35. The van der Waals surface area contributed by atoms with Crippen molar-refractivity contribution in [3.63, 3.8) is 0 Å². The van der Waals surface area contributed by atoms with Crippen LogP contribution in [0.5, 0.6) is 0 Å². The highest BCUT2D eigenvalue weighted by molar-refractivity contribution is 7.80. The van der Waals surface area contributed by atoms with E-state index in [-0.39, 0.29) is 17.9 Å². The Bertz CT molecular complexity index is 672. The number of anilines is 1. The first-order chi connectivity index (χ1) is 10.1. The number of nitrogens with two attached hydrogens (primary N) is 1. The molecule has 2 aromatic rings. The van der Waals surface area contributed by atoms with Gasteiger partial charge in [-0.2, -0.15) is 12.6 Å². The fourth-order valence-corrected chi connectivity index (χ4v) is 2.85. The van der Waals surface area contributed by atoms with Crippen LogP contribution in [0.3, 0.4) is 0 Å². The van der Waals surface area contributed by atoms with Crippen LogP contribution in [0.25, 0.3) is 11.2 Å². The van der Waals surface area contributed by atoms with Gasteiger partial charge in [-0.05, 0) is 12.8 Å². The van der Waals surface area contributed by atoms with E-state index >= 15 is 0 Å². The molecule has 0 bridgehead atoms. The number of thiol groups is 1. The molecule has 1 aliphatic heterocycles. The summed E-state index contributed by atoms with van der Waals surface area (Å²) in [6, 6.07) is -0.0477. The quantitative estimate of drug-likeness (QED) is 0.739. The zero-order valence-electron chi connectivity index (χ0n) is 11.8. The lowest BCUT2D eigenvalue weighted by Gasteiger charge is -2.25. The number of nitrogens with zero attached hydrogens (tertiary/aromatic N) is 4. The Balaban J connectivity index is 1.93. The number of likely N-dealkylation sites (tertiary alicyclic amines) is 1. The predicted octanol–water partition coefficient (Wildman–Crippen LogP) is 1.16. The number of hydrogen-bond donors (Lipinski definition) is 3. The predicted molar refractivity (Wildman–Crippen MR) is 82.8 cm³/mol. The number of rotatable bonds is 3. The fraction of sp³-hybridized carbons (Fsp3) is 0.538. The largest absolute Gasteiger partial charge is 0.382 e. The zero-order valence-corrected chi connectivity index (χ0v) is 12.7. The maximum atomic E-state index is 12.4. The van der Waals surface area contributed by atoms with Crippen LogP contribution < -0.4 is 5.73 Å². The van der Waals surface area contributed by atoms with E-state index in [9.17, 15) is 4.79 Å². The number of aromatic amines is 1. The molecule has 0 aliphatic carbocycles. The van der Waals surface area contributed by atoms with Crippen molar-refractivity contribution in [3.05, 3.63) is 12.2 Å². The molecule has 3 N–H and O–H groups in total. The van der Waals surface area contributed by atoms with Gasteiger partial charge in [-0.25, -0.2) is 15.0 Å². The second kappa shape index (κ2) is 5.51. The van der Waals surface area contributed by atoms with Gasteiger partial charge in [0.1, 0.15) is 17.7 Å². The minimum atomic E-state index is -0.0943. The van der Waals surface area contributed by atoms with Crippen LogP contribution in [-0.4, -0.2) is 43.0 Å². The van der Waals surface area contributed by atoms with E-state index in [1.807, 2.05) is 11.8 Å². The summed E-state index contributed by atoms with van der Waals surface area (Å²) in [6.07, 6.45) is 3.24. The van der Waals surface area contributed by atoms with Crippen molar-refractivity contribution >= 4 is 35.5 Å². The van der Waals surface area contributed by atoms with Gasteiger partial charge in [0.25, 0.3) is 0 Å². The van der Waals surface area contributed by atoms with E-state index in [0.29, 0.717) is 22.7 Å². The molecule has 21 heavy (non-hydrogen) atoms. The third-order valence-electron chi connectivity index (χ3n) is 3.88. The zero-order chi connectivity index (χ0) is 15.0. The standard InChI is InChI=1S/C13H18N6OS/c1-7(5-21)13(20)19-4-2-3-8(19)11-17-9-10(14)15-6-16-12(9)18-11/h6-8,21H,2-5H2,1H3,(H3,14,15,16,17,18)/t7-,8-/m1/s1. The van der Waals surface area contributed by atoms with Gasteiger partial charge in [-0.1, -0.05) is 6.92 Å². The van der Waals surface area contributed by atoms with Crippen LogP contribution in [0, 0.1) is 5.92 Å². The molecule has 2 atom stereocenters. The molecule has 0 spiro atoms. The molecule has 0 radical (unpaired) electrons. The van der Waals surface area contributed by atoms with Crippen molar-refractivity contribution < 1.29 is 4.79 Å². The SMILES string of the molecule is C[C@H](CS)C(=O)N1CCC[C@@H]1c1nc2ncnc(N)c2[nH]1. The smallest absolute Gasteiger partial charge is 0.226 e. The molecule has 3 heterocycles. The molecule has 0 aromatic carbocycles. The number of fused-ring (bicyclic) bond motifs is 1. The van der Waals surface area contributed by atoms with E-state index in [1.165, 1.54) is 6.33 Å². The summed E-state index contributed by atoms with van der Waals surface area (Å²) in [7, 11) is 0. The second-order valence-corrected chi connectivity index (χ2v) is 5.72. The number of aromatic nitrogens is 4. The van der Waals surface area contributed by atoms with E-state index in [0.717, 1.165) is 25.2 Å². The number of nitrogen functional groups attached to an aromatic ring is 1. The highest BCUT2D eigenvalue weighted by Crippen LogP contribution is 2.32. The molecule has 7 nitrogen and oxygen atoms in total. The summed E-state index contributed by atoms with van der Waals surface area (Å²) < 4.78 is 0. The van der Waals surface area contributed by atoms with E-state index < -0.39 is 0 Å². The number of nitrogens with one attached hydrogen (secondary N) is 1. The first-order valence-electron chi connectivity index (χ1n) is 6.99. The maximum Gasteiger partial charge on any atom is 0.226 e. The molecular weight excluding hydrogens is 288 g/mol. The summed E-state index contributed by atoms with van der Waals surface area (Å²) in [5.41, 5.74) is 6.99.